The van der Waals surface area contributed by atoms with Crippen LogP contribution in [0.25, 0.3) is 0 Å². The molecule has 0 heterocycles. The number of hydrogen-bond acceptors (Lipinski definition) is 2. The van der Waals surface area contributed by atoms with Gasteiger partial charge in [-0.2, -0.15) is 0 Å². The largest absolute Gasteiger partial charge is 0.388 e. The molecule has 0 saturated heterocycles. The first kappa shape index (κ1) is 13.6. The first-order valence-electron chi connectivity index (χ1n) is 7.06. The van der Waals surface area contributed by atoms with Crippen LogP contribution in [-0.2, 0) is 11.3 Å². The second kappa shape index (κ2) is 6.91. The molecule has 2 heteroatoms. The first-order valence-corrected chi connectivity index (χ1v) is 7.06. The fraction of sp³-hybridized carbons (Fsp3) is 0.625. The lowest BCUT2D eigenvalue weighted by Gasteiger charge is -2.17. The molecule has 100 valence electrons. The van der Waals surface area contributed by atoms with Crippen molar-refractivity contribution in [3.63, 3.8) is 0 Å². The second-order valence-corrected chi connectivity index (χ2v) is 5.38. The molecule has 0 aliphatic heterocycles. The Balaban J connectivity index is 1.92. The fourth-order valence-corrected chi connectivity index (χ4v) is 2.99. The number of methoxy groups -OCH3 is 1. The Hall–Kier alpha value is -0.860. The molecule has 0 radical (unpaired) electrons. The second-order valence-electron chi connectivity index (χ2n) is 5.38. The maximum absolute atomic E-state index is 10.3. The number of aliphatic hydroxyl groups excluding tert-OH is 1. The van der Waals surface area contributed by atoms with Crippen LogP contribution in [0.3, 0.4) is 0 Å². The number of rotatable bonds is 6. The van der Waals surface area contributed by atoms with Crippen molar-refractivity contribution in [3.8, 4) is 0 Å². The molecule has 2 nitrogen and oxygen atoms in total. The van der Waals surface area contributed by atoms with Crippen molar-refractivity contribution < 1.29 is 9.84 Å². The third-order valence-corrected chi connectivity index (χ3v) is 4.04. The van der Waals surface area contributed by atoms with Gasteiger partial charge in [-0.1, -0.05) is 49.9 Å². The van der Waals surface area contributed by atoms with Crippen LogP contribution in [0.15, 0.2) is 24.3 Å². The quantitative estimate of drug-likeness (QED) is 0.829. The molecule has 1 saturated carbocycles. The van der Waals surface area contributed by atoms with Crippen molar-refractivity contribution in [1.82, 2.24) is 0 Å². The van der Waals surface area contributed by atoms with Crippen LogP contribution in [0, 0.1) is 5.92 Å². The van der Waals surface area contributed by atoms with E-state index in [-0.39, 0.29) is 6.10 Å². The molecule has 0 aromatic heterocycles. The molecular formula is C16H24O2. The summed E-state index contributed by atoms with van der Waals surface area (Å²) in [6.07, 6.45) is 7.16. The first-order chi connectivity index (χ1) is 8.81. The summed E-state index contributed by atoms with van der Waals surface area (Å²) in [6, 6.07) is 8.06. The van der Waals surface area contributed by atoms with Crippen LogP contribution in [0.2, 0.25) is 0 Å². The van der Waals surface area contributed by atoms with Gasteiger partial charge in [-0.25, -0.2) is 0 Å². The molecule has 0 amide bonds. The summed E-state index contributed by atoms with van der Waals surface area (Å²) >= 11 is 0. The van der Waals surface area contributed by atoms with Crippen molar-refractivity contribution in [1.29, 1.82) is 0 Å². The maximum atomic E-state index is 10.3. The van der Waals surface area contributed by atoms with Gasteiger partial charge in [0.1, 0.15) is 0 Å². The highest BCUT2D eigenvalue weighted by Crippen LogP contribution is 2.32. The molecule has 1 aromatic carbocycles. The molecule has 1 fully saturated rings. The van der Waals surface area contributed by atoms with E-state index in [0.29, 0.717) is 6.61 Å². The zero-order valence-corrected chi connectivity index (χ0v) is 11.3. The fourth-order valence-electron chi connectivity index (χ4n) is 2.99. The molecule has 1 atom stereocenters. The van der Waals surface area contributed by atoms with Crippen molar-refractivity contribution in [2.24, 2.45) is 5.92 Å². The molecule has 1 N–H and O–H groups in total. The summed E-state index contributed by atoms with van der Waals surface area (Å²) in [7, 11) is 1.70. The third kappa shape index (κ3) is 3.56. The zero-order chi connectivity index (χ0) is 12.8. The average molecular weight is 248 g/mol. The number of benzene rings is 1. The van der Waals surface area contributed by atoms with Gasteiger partial charge in [-0.3, -0.25) is 0 Å². The van der Waals surface area contributed by atoms with Crippen LogP contribution in [0.1, 0.15) is 55.8 Å². The van der Waals surface area contributed by atoms with E-state index in [4.69, 9.17) is 4.74 Å². The normalized spacial score (nSPS) is 18.1. The minimum Gasteiger partial charge on any atom is -0.388 e. The Labute approximate surface area is 110 Å². The summed E-state index contributed by atoms with van der Waals surface area (Å²) in [5.41, 5.74) is 2.15. The molecule has 1 aromatic rings. The Morgan fingerprint density at radius 1 is 1.28 bits per heavy atom. The Morgan fingerprint density at radius 3 is 2.72 bits per heavy atom. The van der Waals surface area contributed by atoms with Crippen LogP contribution in [0.4, 0.5) is 0 Å². The highest BCUT2D eigenvalue weighted by molar-refractivity contribution is 5.28. The number of hydrogen-bond donors (Lipinski definition) is 1. The van der Waals surface area contributed by atoms with Crippen molar-refractivity contribution in [3.05, 3.63) is 35.4 Å². The van der Waals surface area contributed by atoms with Gasteiger partial charge in [0, 0.05) is 7.11 Å². The molecule has 0 spiro atoms. The van der Waals surface area contributed by atoms with Gasteiger partial charge in [-0.15, -0.1) is 0 Å². The van der Waals surface area contributed by atoms with Gasteiger partial charge in [0.25, 0.3) is 0 Å². The van der Waals surface area contributed by atoms with Gasteiger partial charge < -0.3 is 9.84 Å². The van der Waals surface area contributed by atoms with E-state index >= 15 is 0 Å². The third-order valence-electron chi connectivity index (χ3n) is 4.04. The minimum absolute atomic E-state index is 0.336. The Kier molecular flexibility index (Phi) is 5.21. The minimum atomic E-state index is -0.336. The molecule has 0 bridgehead atoms. The van der Waals surface area contributed by atoms with E-state index in [9.17, 15) is 5.11 Å². The van der Waals surface area contributed by atoms with Crippen molar-refractivity contribution in [2.75, 3.05) is 7.11 Å². The number of ether oxygens (including phenoxy) is 1. The molecular weight excluding hydrogens is 224 g/mol. The molecule has 2 rings (SSSR count). The van der Waals surface area contributed by atoms with E-state index in [1.54, 1.807) is 7.11 Å². The summed E-state index contributed by atoms with van der Waals surface area (Å²) in [6.45, 7) is 0.580. The summed E-state index contributed by atoms with van der Waals surface area (Å²) in [4.78, 5) is 0. The van der Waals surface area contributed by atoms with E-state index in [1.807, 2.05) is 24.3 Å². The molecule has 1 unspecified atom stereocenters. The van der Waals surface area contributed by atoms with Crippen LogP contribution in [0.5, 0.6) is 0 Å². The van der Waals surface area contributed by atoms with Gasteiger partial charge in [-0.05, 0) is 29.9 Å². The molecule has 1 aliphatic carbocycles. The van der Waals surface area contributed by atoms with E-state index in [2.05, 4.69) is 0 Å². The lowest BCUT2D eigenvalue weighted by molar-refractivity contribution is 0.147. The van der Waals surface area contributed by atoms with Crippen LogP contribution >= 0.6 is 0 Å². The summed E-state index contributed by atoms with van der Waals surface area (Å²) in [5, 5.41) is 10.3. The SMILES string of the molecule is COCc1ccccc1C(O)CCC1CCCC1. The highest BCUT2D eigenvalue weighted by Gasteiger charge is 2.18. The maximum Gasteiger partial charge on any atom is 0.0793 e. The van der Waals surface area contributed by atoms with Crippen molar-refractivity contribution >= 4 is 0 Å². The Bertz CT molecular complexity index is 356. The predicted molar refractivity (Wildman–Crippen MR) is 73.3 cm³/mol. The van der Waals surface area contributed by atoms with Gasteiger partial charge in [0.15, 0.2) is 0 Å². The lowest BCUT2D eigenvalue weighted by atomic mass is 9.94. The summed E-state index contributed by atoms with van der Waals surface area (Å²) in [5.74, 6) is 0.842. The number of aliphatic hydroxyl groups is 1. The predicted octanol–water partition coefficient (Wildman–Crippen LogP) is 3.84. The van der Waals surface area contributed by atoms with Gasteiger partial charge >= 0.3 is 0 Å². The summed E-state index contributed by atoms with van der Waals surface area (Å²) < 4.78 is 5.19. The van der Waals surface area contributed by atoms with E-state index in [1.165, 1.54) is 25.7 Å². The standard InChI is InChI=1S/C16H24O2/c1-18-12-14-8-4-5-9-15(14)16(17)11-10-13-6-2-3-7-13/h4-5,8-9,13,16-17H,2-3,6-7,10-12H2,1H3. The zero-order valence-electron chi connectivity index (χ0n) is 11.3. The highest BCUT2D eigenvalue weighted by atomic mass is 16.5. The van der Waals surface area contributed by atoms with Gasteiger partial charge in [0.05, 0.1) is 12.7 Å². The smallest absolute Gasteiger partial charge is 0.0793 e. The van der Waals surface area contributed by atoms with Crippen LogP contribution in [-0.4, -0.2) is 12.2 Å². The lowest BCUT2D eigenvalue weighted by Crippen LogP contribution is -2.05. The molecule has 1 aliphatic rings. The average Bonchev–Trinajstić information content (AvgIpc) is 2.90. The van der Waals surface area contributed by atoms with E-state index in [0.717, 1.165) is 29.9 Å². The molecule has 18 heavy (non-hydrogen) atoms. The monoisotopic (exact) mass is 248 g/mol. The topological polar surface area (TPSA) is 29.5 Å². The van der Waals surface area contributed by atoms with Crippen LogP contribution < -0.4 is 0 Å². The Morgan fingerprint density at radius 2 is 2.00 bits per heavy atom. The van der Waals surface area contributed by atoms with Gasteiger partial charge in [0.2, 0.25) is 0 Å². The van der Waals surface area contributed by atoms with Crippen molar-refractivity contribution in [2.45, 2.75) is 51.2 Å². The van der Waals surface area contributed by atoms with E-state index < -0.39 is 0 Å².